The monoisotopic (exact) mass is 240 g/mol. The van der Waals surface area contributed by atoms with E-state index in [4.69, 9.17) is 10.5 Å². The second-order valence-electron chi connectivity index (χ2n) is 2.89. The van der Waals surface area contributed by atoms with Crippen molar-refractivity contribution in [2.45, 2.75) is 20.5 Å². The fourth-order valence-corrected chi connectivity index (χ4v) is 0.992. The fraction of sp³-hybridized carbons (Fsp3) is 0.417. The van der Waals surface area contributed by atoms with Crippen LogP contribution < -0.4 is 15.8 Å². The topological polar surface area (TPSA) is 73.6 Å². The summed E-state index contributed by atoms with van der Waals surface area (Å²) in [4.78, 5) is 10.3. The quantitative estimate of drug-likeness (QED) is 0.770. The Balaban J connectivity index is 0.00000121. The molecule has 0 aliphatic rings. The van der Waals surface area contributed by atoms with Crippen molar-refractivity contribution in [3.05, 3.63) is 29.8 Å². The number of amides is 1. The van der Waals surface area contributed by atoms with Crippen molar-refractivity contribution >= 4 is 6.09 Å². The van der Waals surface area contributed by atoms with Crippen molar-refractivity contribution in [2.75, 3.05) is 13.8 Å². The number of rotatable bonds is 5. The molecule has 0 radical (unpaired) electrons. The highest BCUT2D eigenvalue weighted by atomic mass is 16.5. The van der Waals surface area contributed by atoms with Crippen molar-refractivity contribution in [3.8, 4) is 5.75 Å². The van der Waals surface area contributed by atoms with E-state index in [2.05, 4.69) is 10.1 Å². The van der Waals surface area contributed by atoms with Gasteiger partial charge in [0, 0.05) is 0 Å². The van der Waals surface area contributed by atoms with E-state index in [0.717, 1.165) is 11.3 Å². The lowest BCUT2D eigenvalue weighted by atomic mass is 10.2. The van der Waals surface area contributed by atoms with Gasteiger partial charge in [0.15, 0.2) is 0 Å². The minimum atomic E-state index is -0.773. The Hall–Kier alpha value is -1.75. The standard InChI is InChI=1S/C10H14N2O3.C2H6/c1-12-7-15-9-4-2-8(3-5-9)6-14-10(11)13;1-2/h2-5,12H,6-7H2,1H3,(H2,11,13);1-2H3. The number of benzene rings is 1. The minimum absolute atomic E-state index is 0.182. The molecule has 5 nitrogen and oxygen atoms in total. The van der Waals surface area contributed by atoms with E-state index >= 15 is 0 Å². The molecular weight excluding hydrogens is 220 g/mol. The zero-order valence-electron chi connectivity index (χ0n) is 10.5. The summed E-state index contributed by atoms with van der Waals surface area (Å²) in [5, 5.41) is 2.86. The lowest BCUT2D eigenvalue weighted by molar-refractivity contribution is 0.150. The van der Waals surface area contributed by atoms with Gasteiger partial charge in [0.2, 0.25) is 0 Å². The van der Waals surface area contributed by atoms with Gasteiger partial charge in [-0.15, -0.1) is 0 Å². The molecule has 1 rings (SSSR count). The van der Waals surface area contributed by atoms with Crippen LogP contribution in [-0.2, 0) is 11.3 Å². The maximum absolute atomic E-state index is 10.3. The summed E-state index contributed by atoms with van der Waals surface area (Å²) in [7, 11) is 1.80. The van der Waals surface area contributed by atoms with Gasteiger partial charge in [0.25, 0.3) is 0 Å². The van der Waals surface area contributed by atoms with Gasteiger partial charge in [-0.1, -0.05) is 26.0 Å². The van der Waals surface area contributed by atoms with Crippen LogP contribution in [-0.4, -0.2) is 19.9 Å². The maximum atomic E-state index is 10.3. The van der Waals surface area contributed by atoms with Gasteiger partial charge < -0.3 is 15.2 Å². The molecular formula is C12H20N2O3. The van der Waals surface area contributed by atoms with Gasteiger partial charge in [-0.25, -0.2) is 4.79 Å². The predicted molar refractivity (Wildman–Crippen MR) is 66.7 cm³/mol. The summed E-state index contributed by atoms with van der Waals surface area (Å²) in [5.41, 5.74) is 5.71. The third-order valence-corrected chi connectivity index (χ3v) is 1.69. The molecule has 1 aromatic rings. The van der Waals surface area contributed by atoms with Crippen LogP contribution in [0.1, 0.15) is 19.4 Å². The molecule has 1 amide bonds. The molecule has 0 saturated heterocycles. The van der Waals surface area contributed by atoms with Gasteiger partial charge in [0.05, 0.1) is 0 Å². The molecule has 0 saturated carbocycles. The van der Waals surface area contributed by atoms with Crippen LogP contribution in [0.2, 0.25) is 0 Å². The van der Waals surface area contributed by atoms with E-state index in [-0.39, 0.29) is 6.61 Å². The van der Waals surface area contributed by atoms with Crippen molar-refractivity contribution in [3.63, 3.8) is 0 Å². The Bertz CT molecular complexity index is 312. The molecule has 5 heteroatoms. The number of hydrogen-bond acceptors (Lipinski definition) is 4. The maximum Gasteiger partial charge on any atom is 0.404 e. The molecule has 96 valence electrons. The Morgan fingerprint density at radius 2 is 1.88 bits per heavy atom. The Morgan fingerprint density at radius 1 is 1.29 bits per heavy atom. The second-order valence-corrected chi connectivity index (χ2v) is 2.89. The predicted octanol–water partition coefficient (Wildman–Crippen LogP) is 1.86. The van der Waals surface area contributed by atoms with E-state index < -0.39 is 6.09 Å². The molecule has 0 bridgehead atoms. The summed E-state index contributed by atoms with van der Waals surface area (Å²) in [6.45, 7) is 4.64. The third-order valence-electron chi connectivity index (χ3n) is 1.69. The first-order valence-corrected chi connectivity index (χ1v) is 5.51. The van der Waals surface area contributed by atoms with Crippen molar-refractivity contribution in [2.24, 2.45) is 5.73 Å². The van der Waals surface area contributed by atoms with Gasteiger partial charge in [-0.2, -0.15) is 0 Å². The van der Waals surface area contributed by atoms with E-state index in [1.807, 2.05) is 26.0 Å². The summed E-state index contributed by atoms with van der Waals surface area (Å²) < 4.78 is 9.93. The van der Waals surface area contributed by atoms with Crippen molar-refractivity contribution in [1.29, 1.82) is 0 Å². The van der Waals surface area contributed by atoms with Crippen molar-refractivity contribution < 1.29 is 14.3 Å². The van der Waals surface area contributed by atoms with Gasteiger partial charge in [0.1, 0.15) is 19.1 Å². The van der Waals surface area contributed by atoms with Gasteiger partial charge >= 0.3 is 6.09 Å². The SMILES string of the molecule is CC.CNCOc1ccc(COC(N)=O)cc1. The highest BCUT2D eigenvalue weighted by molar-refractivity contribution is 5.64. The van der Waals surface area contributed by atoms with Gasteiger partial charge in [-0.3, -0.25) is 5.32 Å². The molecule has 0 atom stereocenters. The lowest BCUT2D eigenvalue weighted by Crippen LogP contribution is -2.14. The molecule has 0 spiro atoms. The Morgan fingerprint density at radius 3 is 2.35 bits per heavy atom. The minimum Gasteiger partial charge on any atom is -0.478 e. The summed E-state index contributed by atoms with van der Waals surface area (Å²) in [6, 6.07) is 7.23. The third kappa shape index (κ3) is 7.19. The highest BCUT2D eigenvalue weighted by Crippen LogP contribution is 2.12. The Labute approximate surface area is 102 Å². The normalized spacial score (nSPS) is 8.88. The lowest BCUT2D eigenvalue weighted by Gasteiger charge is -2.06. The van der Waals surface area contributed by atoms with Crippen LogP contribution in [0.25, 0.3) is 0 Å². The molecule has 0 fully saturated rings. The molecule has 3 N–H and O–H groups in total. The first-order valence-electron chi connectivity index (χ1n) is 5.51. The second kappa shape index (κ2) is 9.47. The molecule has 17 heavy (non-hydrogen) atoms. The largest absolute Gasteiger partial charge is 0.478 e. The van der Waals surface area contributed by atoms with Crippen LogP contribution in [0.3, 0.4) is 0 Å². The van der Waals surface area contributed by atoms with Crippen LogP contribution in [0.4, 0.5) is 4.79 Å². The number of primary amides is 1. The first-order chi connectivity index (χ1) is 8.22. The first kappa shape index (κ1) is 15.2. The van der Waals surface area contributed by atoms with E-state index in [1.54, 1.807) is 19.2 Å². The molecule has 0 aliphatic carbocycles. The average molecular weight is 240 g/mol. The van der Waals surface area contributed by atoms with E-state index in [1.165, 1.54) is 0 Å². The smallest absolute Gasteiger partial charge is 0.404 e. The number of hydrogen-bond donors (Lipinski definition) is 2. The molecule has 0 heterocycles. The summed E-state index contributed by atoms with van der Waals surface area (Å²) in [6.07, 6.45) is -0.773. The molecule has 0 aliphatic heterocycles. The van der Waals surface area contributed by atoms with Crippen LogP contribution in [0.15, 0.2) is 24.3 Å². The fourth-order valence-electron chi connectivity index (χ4n) is 0.992. The zero-order chi connectivity index (χ0) is 13.1. The summed E-state index contributed by atoms with van der Waals surface area (Å²) in [5.74, 6) is 0.757. The zero-order valence-corrected chi connectivity index (χ0v) is 10.5. The van der Waals surface area contributed by atoms with Gasteiger partial charge in [-0.05, 0) is 24.7 Å². The number of carbonyl (C=O) groups excluding carboxylic acids is 1. The number of ether oxygens (including phenoxy) is 2. The highest BCUT2D eigenvalue weighted by Gasteiger charge is 1.97. The van der Waals surface area contributed by atoms with Crippen molar-refractivity contribution in [1.82, 2.24) is 5.32 Å². The molecule has 1 aromatic carbocycles. The average Bonchev–Trinajstić information content (AvgIpc) is 2.37. The van der Waals surface area contributed by atoms with E-state index in [0.29, 0.717) is 6.73 Å². The number of carbonyl (C=O) groups is 1. The number of nitrogens with two attached hydrogens (primary N) is 1. The summed E-state index contributed by atoms with van der Waals surface area (Å²) >= 11 is 0. The van der Waals surface area contributed by atoms with Crippen LogP contribution in [0, 0.1) is 0 Å². The van der Waals surface area contributed by atoms with E-state index in [9.17, 15) is 4.79 Å². The van der Waals surface area contributed by atoms with Crippen LogP contribution in [0.5, 0.6) is 5.75 Å². The molecule has 0 unspecified atom stereocenters. The number of nitrogens with one attached hydrogen (secondary N) is 1. The molecule has 0 aromatic heterocycles. The van der Waals surface area contributed by atoms with Crippen LogP contribution >= 0.6 is 0 Å². The Kier molecular flexibility index (Phi) is 8.50.